The molecule has 1 aromatic rings. The van der Waals surface area contributed by atoms with Crippen molar-refractivity contribution in [2.45, 2.75) is 6.42 Å². The van der Waals surface area contributed by atoms with Gasteiger partial charge in [-0.25, -0.2) is 0 Å². The minimum Gasteiger partial charge on any atom is -0.258 e. The summed E-state index contributed by atoms with van der Waals surface area (Å²) in [5.41, 5.74) is 0.896. The predicted octanol–water partition coefficient (Wildman–Crippen LogP) is 2.73. The van der Waals surface area contributed by atoms with Gasteiger partial charge in [0.1, 0.15) is 0 Å². The summed E-state index contributed by atoms with van der Waals surface area (Å²) in [5, 5.41) is 11.2. The molecule has 1 rings (SSSR count). The molecular weight excluding hydrogens is 246 g/mol. The Bertz CT molecular complexity index is 375. The number of hydrogen-bond donors (Lipinski definition) is 0. The van der Waals surface area contributed by atoms with Crippen molar-refractivity contribution in [3.63, 3.8) is 0 Å². The third kappa shape index (κ3) is 3.19. The summed E-state index contributed by atoms with van der Waals surface area (Å²) < 4.78 is 0. The summed E-state index contributed by atoms with van der Waals surface area (Å²) in [4.78, 5) is 9.91. The molecule has 72 valence electrons. The van der Waals surface area contributed by atoms with Gasteiger partial charge in [-0.2, -0.15) is 0 Å². The number of alkyl halides is 1. The Morgan fingerprint density at radius 3 is 2.50 bits per heavy atom. The fourth-order valence-corrected chi connectivity index (χ4v) is 1.08. The summed E-state index contributed by atoms with van der Waals surface area (Å²) in [7, 11) is 0. The minimum absolute atomic E-state index is 0.0936. The van der Waals surface area contributed by atoms with E-state index in [4.69, 9.17) is 0 Å². The summed E-state index contributed by atoms with van der Waals surface area (Å²) in [6.07, 6.45) is 0.775. The van der Waals surface area contributed by atoms with Crippen LogP contribution in [0.25, 0.3) is 0 Å². The van der Waals surface area contributed by atoms with Crippen molar-refractivity contribution in [1.82, 2.24) is 0 Å². The molecule has 0 saturated carbocycles. The van der Waals surface area contributed by atoms with Crippen LogP contribution in [0.2, 0.25) is 0 Å². The highest BCUT2D eigenvalue weighted by Crippen LogP contribution is 2.10. The molecule has 0 saturated heterocycles. The van der Waals surface area contributed by atoms with Crippen LogP contribution in [-0.4, -0.2) is 10.3 Å². The first-order valence-corrected chi connectivity index (χ1v) is 5.15. The zero-order valence-electron chi connectivity index (χ0n) is 7.37. The lowest BCUT2D eigenvalue weighted by molar-refractivity contribution is -0.384. The summed E-state index contributed by atoms with van der Waals surface area (Å²) in [6.45, 7) is 0. The standard InChI is InChI=1S/C10H8BrNO2/c11-8-2-1-3-9-4-6-10(7-5-9)12(13)14/h4-7H,2,8H2. The lowest BCUT2D eigenvalue weighted by Crippen LogP contribution is -1.86. The van der Waals surface area contributed by atoms with E-state index in [1.54, 1.807) is 12.1 Å². The number of halogens is 1. The van der Waals surface area contributed by atoms with Gasteiger partial charge in [0.05, 0.1) is 4.92 Å². The van der Waals surface area contributed by atoms with Gasteiger partial charge in [0.2, 0.25) is 0 Å². The molecule has 0 aliphatic carbocycles. The zero-order valence-corrected chi connectivity index (χ0v) is 8.95. The molecule has 0 unspecified atom stereocenters. The highest BCUT2D eigenvalue weighted by atomic mass is 79.9. The molecule has 0 radical (unpaired) electrons. The maximum atomic E-state index is 10.3. The van der Waals surface area contributed by atoms with Crippen molar-refractivity contribution < 1.29 is 4.92 Å². The van der Waals surface area contributed by atoms with Crippen molar-refractivity contribution in [2.24, 2.45) is 0 Å². The Hall–Kier alpha value is -1.34. The van der Waals surface area contributed by atoms with E-state index in [9.17, 15) is 10.1 Å². The Morgan fingerprint density at radius 2 is 2.00 bits per heavy atom. The second-order valence-corrected chi connectivity index (χ2v) is 3.34. The number of non-ortho nitro benzene ring substituents is 1. The number of hydrogen-bond acceptors (Lipinski definition) is 2. The summed E-state index contributed by atoms with van der Waals surface area (Å²) in [6, 6.07) is 6.22. The monoisotopic (exact) mass is 253 g/mol. The van der Waals surface area contributed by atoms with E-state index in [0.717, 1.165) is 17.3 Å². The first kappa shape index (κ1) is 10.7. The highest BCUT2D eigenvalue weighted by Gasteiger charge is 2.01. The summed E-state index contributed by atoms with van der Waals surface area (Å²) in [5.74, 6) is 5.84. The average Bonchev–Trinajstić information content (AvgIpc) is 2.19. The Morgan fingerprint density at radius 1 is 1.36 bits per heavy atom. The largest absolute Gasteiger partial charge is 0.269 e. The van der Waals surface area contributed by atoms with Crippen LogP contribution in [0.4, 0.5) is 5.69 Å². The number of nitrogens with zero attached hydrogens (tertiary/aromatic N) is 1. The van der Waals surface area contributed by atoms with Crippen molar-refractivity contribution in [1.29, 1.82) is 0 Å². The van der Waals surface area contributed by atoms with E-state index in [2.05, 4.69) is 27.8 Å². The second kappa shape index (κ2) is 5.40. The van der Waals surface area contributed by atoms with Crippen molar-refractivity contribution in [2.75, 3.05) is 5.33 Å². The molecule has 14 heavy (non-hydrogen) atoms. The summed E-state index contributed by atoms with van der Waals surface area (Å²) >= 11 is 3.26. The van der Waals surface area contributed by atoms with Crippen molar-refractivity contribution in [3.05, 3.63) is 39.9 Å². The first-order valence-electron chi connectivity index (χ1n) is 4.03. The molecule has 0 atom stereocenters. The van der Waals surface area contributed by atoms with E-state index in [-0.39, 0.29) is 5.69 Å². The Balaban J connectivity index is 2.75. The third-order valence-corrected chi connectivity index (χ3v) is 1.93. The van der Waals surface area contributed by atoms with Gasteiger partial charge in [0.25, 0.3) is 5.69 Å². The predicted molar refractivity (Wildman–Crippen MR) is 58.4 cm³/mol. The SMILES string of the molecule is O=[N+]([O-])c1ccc(C#CCCBr)cc1. The topological polar surface area (TPSA) is 43.1 Å². The normalized spacial score (nSPS) is 8.93. The van der Waals surface area contributed by atoms with Crippen LogP contribution < -0.4 is 0 Å². The molecule has 0 bridgehead atoms. The lowest BCUT2D eigenvalue weighted by Gasteiger charge is -1.90. The lowest BCUT2D eigenvalue weighted by atomic mass is 10.2. The smallest absolute Gasteiger partial charge is 0.258 e. The molecule has 0 heterocycles. The van der Waals surface area contributed by atoms with Gasteiger partial charge in [-0.15, -0.1) is 0 Å². The fraction of sp³-hybridized carbons (Fsp3) is 0.200. The quantitative estimate of drug-likeness (QED) is 0.352. The van der Waals surface area contributed by atoms with Crippen LogP contribution in [0.3, 0.4) is 0 Å². The molecule has 3 nitrogen and oxygen atoms in total. The van der Waals surface area contributed by atoms with Crippen molar-refractivity contribution in [3.8, 4) is 11.8 Å². The van der Waals surface area contributed by atoms with Crippen LogP contribution in [0, 0.1) is 22.0 Å². The Kier molecular flexibility index (Phi) is 4.14. The van der Waals surface area contributed by atoms with E-state index in [1.165, 1.54) is 12.1 Å². The van der Waals surface area contributed by atoms with Crippen LogP contribution in [-0.2, 0) is 0 Å². The molecule has 4 heteroatoms. The maximum Gasteiger partial charge on any atom is 0.269 e. The number of benzene rings is 1. The number of nitro groups is 1. The molecule has 0 amide bonds. The molecule has 0 N–H and O–H groups in total. The van der Waals surface area contributed by atoms with E-state index >= 15 is 0 Å². The van der Waals surface area contributed by atoms with Crippen LogP contribution >= 0.6 is 15.9 Å². The van der Waals surface area contributed by atoms with Gasteiger partial charge in [-0.3, -0.25) is 10.1 Å². The van der Waals surface area contributed by atoms with Gasteiger partial charge in [-0.1, -0.05) is 27.8 Å². The molecule has 0 spiro atoms. The van der Waals surface area contributed by atoms with E-state index < -0.39 is 4.92 Å². The molecule has 0 fully saturated rings. The van der Waals surface area contributed by atoms with Gasteiger partial charge in [0, 0.05) is 29.4 Å². The maximum absolute atomic E-state index is 10.3. The molecule has 0 aromatic heterocycles. The van der Waals surface area contributed by atoms with Crippen molar-refractivity contribution >= 4 is 21.6 Å². The van der Waals surface area contributed by atoms with E-state index in [1.807, 2.05) is 0 Å². The van der Waals surface area contributed by atoms with Crippen LogP contribution in [0.5, 0.6) is 0 Å². The molecule has 0 aliphatic heterocycles. The van der Waals surface area contributed by atoms with Gasteiger partial charge < -0.3 is 0 Å². The van der Waals surface area contributed by atoms with Gasteiger partial charge in [0.15, 0.2) is 0 Å². The molecule has 1 aromatic carbocycles. The molecule has 0 aliphatic rings. The van der Waals surface area contributed by atoms with Crippen LogP contribution in [0.1, 0.15) is 12.0 Å². The third-order valence-electron chi connectivity index (χ3n) is 1.53. The highest BCUT2D eigenvalue weighted by molar-refractivity contribution is 9.09. The van der Waals surface area contributed by atoms with Crippen LogP contribution in [0.15, 0.2) is 24.3 Å². The average molecular weight is 254 g/mol. The molecular formula is C10H8BrNO2. The number of rotatable bonds is 2. The zero-order chi connectivity index (χ0) is 10.4. The van der Waals surface area contributed by atoms with Gasteiger partial charge >= 0.3 is 0 Å². The van der Waals surface area contributed by atoms with E-state index in [0.29, 0.717) is 0 Å². The van der Waals surface area contributed by atoms with Gasteiger partial charge in [-0.05, 0) is 12.1 Å². The minimum atomic E-state index is -0.421. The number of nitro benzene ring substituents is 1. The fourth-order valence-electron chi connectivity index (χ4n) is 0.878. The second-order valence-electron chi connectivity index (χ2n) is 2.54. The first-order chi connectivity index (χ1) is 6.74. The Labute approximate surface area is 90.4 Å².